The minimum Gasteiger partial charge on any atom is -0.385 e. The van der Waals surface area contributed by atoms with E-state index in [1.54, 1.807) is 18.4 Å². The van der Waals surface area contributed by atoms with Crippen LogP contribution in [0.5, 0.6) is 0 Å². The zero-order valence-electron chi connectivity index (χ0n) is 12.9. The van der Waals surface area contributed by atoms with Crippen LogP contribution in [0.1, 0.15) is 17.3 Å². The number of nitrogens with one attached hydrogen (secondary N) is 1. The van der Waals surface area contributed by atoms with Crippen molar-refractivity contribution in [2.24, 2.45) is 5.92 Å². The number of nitrogens with zero attached hydrogens (tertiary/aromatic N) is 1. The Kier molecular flexibility index (Phi) is 5.13. The zero-order valence-corrected chi connectivity index (χ0v) is 14.5. The van der Waals surface area contributed by atoms with Gasteiger partial charge in [0.2, 0.25) is 0 Å². The summed E-state index contributed by atoms with van der Waals surface area (Å²) in [5.74, 6) is 0.218. The van der Waals surface area contributed by atoms with E-state index >= 15 is 0 Å². The van der Waals surface area contributed by atoms with Gasteiger partial charge in [0.1, 0.15) is 11.0 Å². The van der Waals surface area contributed by atoms with Gasteiger partial charge in [-0.1, -0.05) is 24.3 Å². The van der Waals surface area contributed by atoms with E-state index in [4.69, 9.17) is 4.74 Å². The summed E-state index contributed by atoms with van der Waals surface area (Å²) >= 11 is 1.74. The molecule has 0 amide bonds. The summed E-state index contributed by atoms with van der Waals surface area (Å²) in [4.78, 5) is 1.28. The number of anilines is 1. The second kappa shape index (κ2) is 7.08. The van der Waals surface area contributed by atoms with Crippen molar-refractivity contribution >= 4 is 28.0 Å². The third-order valence-electron chi connectivity index (χ3n) is 4.20. The summed E-state index contributed by atoms with van der Waals surface area (Å²) < 4.78 is 19.9. The first kappa shape index (κ1) is 15.9. The molecule has 1 aromatic heterocycles. The van der Waals surface area contributed by atoms with Gasteiger partial charge in [-0.3, -0.25) is 4.31 Å². The Balaban J connectivity index is 1.90. The molecular weight excluding hydrogens is 316 g/mol. The number of hydrogen-bond acceptors (Lipinski definition) is 4. The van der Waals surface area contributed by atoms with Gasteiger partial charge in [-0.2, -0.15) is 0 Å². The normalized spacial score (nSPS) is 30.0. The van der Waals surface area contributed by atoms with E-state index in [2.05, 4.69) is 35.0 Å². The third kappa shape index (κ3) is 2.93. The van der Waals surface area contributed by atoms with E-state index in [1.807, 2.05) is 17.4 Å². The molecular formula is C16H22N2O2S2. The smallest absolute Gasteiger partial charge is 0.127 e. The number of ether oxygens (including phenoxy) is 1. The van der Waals surface area contributed by atoms with E-state index in [0.29, 0.717) is 0 Å². The molecule has 0 saturated heterocycles. The molecule has 0 bridgehead atoms. The Morgan fingerprint density at radius 1 is 1.41 bits per heavy atom. The zero-order chi connectivity index (χ0) is 15.5. The molecule has 2 heterocycles. The molecule has 1 N–H and O–H groups in total. The molecule has 0 spiro atoms. The molecule has 4 nitrogen and oxygen atoms in total. The average molecular weight is 338 g/mol. The van der Waals surface area contributed by atoms with Crippen LogP contribution in [0.2, 0.25) is 0 Å². The van der Waals surface area contributed by atoms with Gasteiger partial charge in [0.15, 0.2) is 0 Å². The maximum Gasteiger partial charge on any atom is 0.127 e. The number of fused-ring (bicyclic) bond motifs is 2. The maximum absolute atomic E-state index is 12.9. The summed E-state index contributed by atoms with van der Waals surface area (Å²) in [7, 11) is 2.61. The topological polar surface area (TPSA) is 41.6 Å². The molecule has 120 valence electrons. The Bertz CT molecular complexity index is 597. The second-order valence-corrected chi connectivity index (χ2v) is 8.13. The maximum atomic E-state index is 12.9. The van der Waals surface area contributed by atoms with Gasteiger partial charge < -0.3 is 10.1 Å². The summed E-state index contributed by atoms with van der Waals surface area (Å²) in [6.07, 6.45) is 9.33. The highest BCUT2D eigenvalue weighted by atomic mass is 32.2. The van der Waals surface area contributed by atoms with Crippen LogP contribution in [0.15, 0.2) is 35.8 Å². The van der Waals surface area contributed by atoms with Gasteiger partial charge in [0, 0.05) is 31.6 Å². The summed E-state index contributed by atoms with van der Waals surface area (Å²) in [6, 6.07) is 2.28. The second-order valence-electron chi connectivity index (χ2n) is 5.53. The van der Waals surface area contributed by atoms with Gasteiger partial charge in [0.25, 0.3) is 0 Å². The number of allylic oxidation sites excluding steroid dienone is 2. The highest BCUT2D eigenvalue weighted by Crippen LogP contribution is 2.43. The first-order valence-electron chi connectivity index (χ1n) is 7.53. The molecule has 3 rings (SSSR count). The molecule has 1 aliphatic heterocycles. The van der Waals surface area contributed by atoms with Gasteiger partial charge >= 0.3 is 0 Å². The van der Waals surface area contributed by atoms with Crippen LogP contribution in [-0.2, 0) is 15.7 Å². The predicted octanol–water partition coefficient (Wildman–Crippen LogP) is 2.64. The fraction of sp³-hybridized carbons (Fsp3) is 0.500. The van der Waals surface area contributed by atoms with Gasteiger partial charge in [-0.15, -0.1) is 11.3 Å². The molecule has 1 aromatic rings. The van der Waals surface area contributed by atoms with Crippen molar-refractivity contribution in [3.05, 3.63) is 40.6 Å². The van der Waals surface area contributed by atoms with Crippen LogP contribution in [0, 0.1) is 5.92 Å². The van der Waals surface area contributed by atoms with Crippen LogP contribution >= 0.6 is 11.3 Å². The lowest BCUT2D eigenvalue weighted by molar-refractivity contribution is 0.192. The third-order valence-corrected chi connectivity index (χ3v) is 6.86. The quantitative estimate of drug-likeness (QED) is 0.839. The van der Waals surface area contributed by atoms with Crippen molar-refractivity contribution in [2.75, 3.05) is 31.6 Å². The molecule has 4 unspecified atom stereocenters. The first-order valence-corrected chi connectivity index (χ1v) is 9.58. The average Bonchev–Trinajstić information content (AvgIpc) is 3.00. The molecule has 22 heavy (non-hydrogen) atoms. The molecule has 0 radical (unpaired) electrons. The van der Waals surface area contributed by atoms with E-state index in [-0.39, 0.29) is 17.2 Å². The molecule has 0 fully saturated rings. The minimum absolute atomic E-state index is 0.0227. The highest BCUT2D eigenvalue weighted by molar-refractivity contribution is 7.87. The molecule has 6 heteroatoms. The van der Waals surface area contributed by atoms with Gasteiger partial charge in [-0.05, 0) is 24.4 Å². The highest BCUT2D eigenvalue weighted by Gasteiger charge is 2.39. The lowest BCUT2D eigenvalue weighted by Gasteiger charge is -2.29. The van der Waals surface area contributed by atoms with Crippen molar-refractivity contribution in [1.82, 2.24) is 5.32 Å². The molecule has 4 atom stereocenters. The van der Waals surface area contributed by atoms with E-state index in [9.17, 15) is 4.21 Å². The van der Waals surface area contributed by atoms with Crippen molar-refractivity contribution < 1.29 is 8.95 Å². The number of thiophene rings is 1. The van der Waals surface area contributed by atoms with Crippen LogP contribution in [-0.4, -0.2) is 36.8 Å². The van der Waals surface area contributed by atoms with E-state index in [0.717, 1.165) is 25.3 Å². The van der Waals surface area contributed by atoms with E-state index < -0.39 is 11.0 Å². The number of methoxy groups -OCH3 is 1. The van der Waals surface area contributed by atoms with Crippen molar-refractivity contribution in [3.63, 3.8) is 0 Å². The monoisotopic (exact) mass is 338 g/mol. The van der Waals surface area contributed by atoms with Crippen LogP contribution in [0.25, 0.3) is 0 Å². The number of hydrogen-bond donors (Lipinski definition) is 1. The van der Waals surface area contributed by atoms with Crippen molar-refractivity contribution in [1.29, 1.82) is 0 Å². The largest absolute Gasteiger partial charge is 0.385 e. The molecule has 1 aliphatic carbocycles. The van der Waals surface area contributed by atoms with Crippen molar-refractivity contribution in [3.8, 4) is 0 Å². The Morgan fingerprint density at radius 3 is 3.05 bits per heavy atom. The lowest BCUT2D eigenvalue weighted by atomic mass is 9.90. The molecule has 2 aliphatic rings. The summed E-state index contributed by atoms with van der Waals surface area (Å²) in [5.41, 5.74) is 1.09. The molecule has 0 saturated carbocycles. The minimum atomic E-state index is -1.05. The summed E-state index contributed by atoms with van der Waals surface area (Å²) in [5, 5.41) is 5.77. The lowest BCUT2D eigenvalue weighted by Crippen LogP contribution is -2.37. The SMILES string of the molecule is COCCCNC1c2sccc2N(C)S(=O)C2C=CC=CC12. The Morgan fingerprint density at radius 2 is 2.23 bits per heavy atom. The van der Waals surface area contributed by atoms with Crippen LogP contribution < -0.4 is 9.62 Å². The van der Waals surface area contributed by atoms with Crippen LogP contribution in [0.4, 0.5) is 5.69 Å². The van der Waals surface area contributed by atoms with Gasteiger partial charge in [-0.25, -0.2) is 4.21 Å². The first-order chi connectivity index (χ1) is 10.7. The Hall–Kier alpha value is -0.950. The van der Waals surface area contributed by atoms with Gasteiger partial charge in [0.05, 0.1) is 17.0 Å². The fourth-order valence-electron chi connectivity index (χ4n) is 3.07. The predicted molar refractivity (Wildman–Crippen MR) is 93.7 cm³/mol. The Labute approximate surface area is 138 Å². The van der Waals surface area contributed by atoms with Crippen LogP contribution in [0.3, 0.4) is 0 Å². The number of rotatable bonds is 5. The summed E-state index contributed by atoms with van der Waals surface area (Å²) in [6.45, 7) is 1.65. The van der Waals surface area contributed by atoms with E-state index in [1.165, 1.54) is 4.88 Å². The fourth-order valence-corrected chi connectivity index (χ4v) is 5.64. The molecule has 0 aromatic carbocycles. The van der Waals surface area contributed by atoms with Crippen molar-refractivity contribution in [2.45, 2.75) is 17.7 Å². The standard InChI is InChI=1S/C16H22N2O2S2/c1-18-13-8-11-21-16(13)15(17-9-5-10-20-2)12-6-3-4-7-14(12)22(18)19/h3-4,6-8,11-12,14-15,17H,5,9-10H2,1-2H3.